The van der Waals surface area contributed by atoms with E-state index < -0.39 is 10.0 Å². The Morgan fingerprint density at radius 1 is 1.00 bits per heavy atom. The first-order valence-corrected chi connectivity index (χ1v) is 7.51. The highest BCUT2D eigenvalue weighted by Gasteiger charge is 2.25. The molecule has 0 radical (unpaired) electrons. The predicted octanol–water partition coefficient (Wildman–Crippen LogP) is 2.54. The molecule has 0 N–H and O–H groups in total. The lowest BCUT2D eigenvalue weighted by molar-refractivity contribution is 0.488. The summed E-state index contributed by atoms with van der Waals surface area (Å²) >= 11 is 0. The quantitative estimate of drug-likeness (QED) is 0.771. The van der Waals surface area contributed by atoms with Crippen molar-refractivity contribution in [3.8, 4) is 0 Å². The second kappa shape index (κ2) is 4.52. The van der Waals surface area contributed by atoms with Gasteiger partial charge in [-0.3, -0.25) is 0 Å². The molecule has 18 heavy (non-hydrogen) atoms. The Labute approximate surface area is 109 Å². The zero-order valence-corrected chi connectivity index (χ0v) is 11.9. The molecule has 0 saturated heterocycles. The number of hydrogen-bond acceptors (Lipinski definition) is 2. The highest BCUT2D eigenvalue weighted by molar-refractivity contribution is 7.89. The van der Waals surface area contributed by atoms with Crippen molar-refractivity contribution in [3.05, 3.63) is 42.0 Å². The summed E-state index contributed by atoms with van der Waals surface area (Å²) < 4.78 is 26.0. The molecule has 2 rings (SSSR count). The molecule has 0 aromatic heterocycles. The first-order valence-electron chi connectivity index (χ1n) is 6.07. The van der Waals surface area contributed by atoms with Gasteiger partial charge in [0.2, 0.25) is 10.0 Å². The lowest BCUT2D eigenvalue weighted by atomic mass is 9.87. The van der Waals surface area contributed by atoms with Gasteiger partial charge in [-0.2, -0.15) is 4.31 Å². The van der Waals surface area contributed by atoms with Crippen LogP contribution in [-0.2, 0) is 15.4 Å². The van der Waals surface area contributed by atoms with Gasteiger partial charge in [-0.05, 0) is 23.1 Å². The smallest absolute Gasteiger partial charge is 0.207 e. The number of sulfonamides is 1. The van der Waals surface area contributed by atoms with E-state index in [1.807, 2.05) is 24.3 Å². The van der Waals surface area contributed by atoms with Crippen LogP contribution < -0.4 is 0 Å². The first-order chi connectivity index (χ1) is 8.32. The van der Waals surface area contributed by atoms with E-state index in [4.69, 9.17) is 0 Å². The molecule has 3 nitrogen and oxygen atoms in total. The maximum atomic E-state index is 12.3. The van der Waals surface area contributed by atoms with Crippen LogP contribution in [0.5, 0.6) is 0 Å². The van der Waals surface area contributed by atoms with E-state index in [2.05, 4.69) is 20.8 Å². The van der Waals surface area contributed by atoms with Crippen molar-refractivity contribution in [2.75, 3.05) is 13.1 Å². The molecule has 0 fully saturated rings. The number of rotatable bonds is 2. The Hall–Kier alpha value is -1.13. The van der Waals surface area contributed by atoms with Gasteiger partial charge in [0.15, 0.2) is 0 Å². The van der Waals surface area contributed by atoms with Crippen LogP contribution in [0.25, 0.3) is 0 Å². The van der Waals surface area contributed by atoms with Crippen molar-refractivity contribution in [1.29, 1.82) is 0 Å². The van der Waals surface area contributed by atoms with Crippen LogP contribution in [-0.4, -0.2) is 25.8 Å². The summed E-state index contributed by atoms with van der Waals surface area (Å²) in [4.78, 5) is 0.374. The molecule has 0 spiro atoms. The monoisotopic (exact) mass is 265 g/mol. The van der Waals surface area contributed by atoms with Gasteiger partial charge in [0.05, 0.1) is 4.90 Å². The van der Waals surface area contributed by atoms with Crippen molar-refractivity contribution >= 4 is 10.0 Å². The Morgan fingerprint density at radius 3 is 1.94 bits per heavy atom. The van der Waals surface area contributed by atoms with E-state index in [0.717, 1.165) is 5.56 Å². The third-order valence-electron chi connectivity index (χ3n) is 3.14. The fraction of sp³-hybridized carbons (Fsp3) is 0.429. The van der Waals surface area contributed by atoms with E-state index >= 15 is 0 Å². The zero-order chi connectivity index (χ0) is 13.4. The molecule has 1 heterocycles. The molecule has 4 heteroatoms. The lowest BCUT2D eigenvalue weighted by Gasteiger charge is -2.20. The highest BCUT2D eigenvalue weighted by atomic mass is 32.2. The van der Waals surface area contributed by atoms with E-state index in [1.54, 1.807) is 12.1 Å². The van der Waals surface area contributed by atoms with Crippen LogP contribution in [0.2, 0.25) is 0 Å². The molecule has 0 unspecified atom stereocenters. The molecule has 1 aromatic carbocycles. The Bertz CT molecular complexity index is 542. The number of benzene rings is 1. The van der Waals surface area contributed by atoms with E-state index in [9.17, 15) is 8.42 Å². The Kier molecular flexibility index (Phi) is 3.34. The summed E-state index contributed by atoms with van der Waals surface area (Å²) in [5, 5.41) is 0. The van der Waals surface area contributed by atoms with Gasteiger partial charge in [0.1, 0.15) is 0 Å². The minimum absolute atomic E-state index is 0.0392. The van der Waals surface area contributed by atoms with Crippen LogP contribution in [0.1, 0.15) is 26.3 Å². The predicted molar refractivity (Wildman–Crippen MR) is 73.0 cm³/mol. The summed E-state index contributed by atoms with van der Waals surface area (Å²) in [6.45, 7) is 7.29. The van der Waals surface area contributed by atoms with Crippen molar-refractivity contribution in [3.63, 3.8) is 0 Å². The maximum Gasteiger partial charge on any atom is 0.243 e. The highest BCUT2D eigenvalue weighted by Crippen LogP contribution is 2.25. The topological polar surface area (TPSA) is 37.4 Å². The lowest BCUT2D eigenvalue weighted by Crippen LogP contribution is -2.28. The van der Waals surface area contributed by atoms with Crippen LogP contribution in [0.4, 0.5) is 0 Å². The summed E-state index contributed by atoms with van der Waals surface area (Å²) in [5.41, 5.74) is 1.18. The fourth-order valence-corrected chi connectivity index (χ4v) is 3.27. The van der Waals surface area contributed by atoms with Gasteiger partial charge in [0, 0.05) is 13.1 Å². The summed E-state index contributed by atoms with van der Waals surface area (Å²) in [5.74, 6) is 0. The zero-order valence-electron chi connectivity index (χ0n) is 11.1. The average Bonchev–Trinajstić information content (AvgIpc) is 2.82. The van der Waals surface area contributed by atoms with Crippen LogP contribution in [0, 0.1) is 0 Å². The molecule has 0 atom stereocenters. The van der Waals surface area contributed by atoms with Gasteiger partial charge in [-0.25, -0.2) is 8.42 Å². The summed E-state index contributed by atoms with van der Waals surface area (Å²) in [6, 6.07) is 7.20. The third kappa shape index (κ3) is 2.49. The van der Waals surface area contributed by atoms with Crippen molar-refractivity contribution in [1.82, 2.24) is 4.31 Å². The average molecular weight is 265 g/mol. The molecule has 0 amide bonds. The van der Waals surface area contributed by atoms with Crippen LogP contribution >= 0.6 is 0 Å². The molecule has 0 bridgehead atoms. The fourth-order valence-electron chi connectivity index (χ4n) is 1.93. The van der Waals surface area contributed by atoms with Gasteiger partial charge in [0.25, 0.3) is 0 Å². The van der Waals surface area contributed by atoms with E-state index in [0.29, 0.717) is 18.0 Å². The van der Waals surface area contributed by atoms with Crippen molar-refractivity contribution in [2.24, 2.45) is 0 Å². The second-order valence-electron chi connectivity index (χ2n) is 5.57. The first kappa shape index (κ1) is 13.3. The maximum absolute atomic E-state index is 12.3. The van der Waals surface area contributed by atoms with Crippen LogP contribution in [0.15, 0.2) is 41.3 Å². The molecule has 98 valence electrons. The van der Waals surface area contributed by atoms with Crippen LogP contribution in [0.3, 0.4) is 0 Å². The molecule has 1 aliphatic heterocycles. The molecule has 0 saturated carbocycles. The largest absolute Gasteiger partial charge is 0.243 e. The molecule has 1 aromatic rings. The Balaban J connectivity index is 2.30. The molecule has 0 aliphatic carbocycles. The van der Waals surface area contributed by atoms with Gasteiger partial charge >= 0.3 is 0 Å². The molecular weight excluding hydrogens is 246 g/mol. The van der Waals surface area contributed by atoms with Gasteiger partial charge in [-0.15, -0.1) is 0 Å². The van der Waals surface area contributed by atoms with Gasteiger partial charge in [-0.1, -0.05) is 45.1 Å². The SMILES string of the molecule is CC(C)(C)c1ccc(S(=O)(=O)N2CC=CC2)cc1. The number of nitrogens with zero attached hydrogens (tertiary/aromatic N) is 1. The summed E-state index contributed by atoms with van der Waals surface area (Å²) in [6.07, 6.45) is 3.75. The molecular formula is C14H19NO2S. The van der Waals surface area contributed by atoms with E-state index in [1.165, 1.54) is 4.31 Å². The minimum Gasteiger partial charge on any atom is -0.207 e. The van der Waals surface area contributed by atoms with Crippen molar-refractivity contribution in [2.45, 2.75) is 31.1 Å². The normalized spacial score (nSPS) is 17.3. The van der Waals surface area contributed by atoms with E-state index in [-0.39, 0.29) is 5.41 Å². The minimum atomic E-state index is -3.33. The van der Waals surface area contributed by atoms with Crippen molar-refractivity contribution < 1.29 is 8.42 Å². The number of hydrogen-bond donors (Lipinski definition) is 0. The molecule has 1 aliphatic rings. The summed E-state index contributed by atoms with van der Waals surface area (Å²) in [7, 11) is -3.33. The second-order valence-corrected chi connectivity index (χ2v) is 7.51. The van der Waals surface area contributed by atoms with Gasteiger partial charge < -0.3 is 0 Å². The Morgan fingerprint density at radius 2 is 1.50 bits per heavy atom. The third-order valence-corrected chi connectivity index (χ3v) is 4.99. The standard InChI is InChI=1S/C14H19NO2S/c1-14(2,3)12-6-8-13(9-7-12)18(16,17)15-10-4-5-11-15/h4-9H,10-11H2,1-3H3.